The molecule has 4 radical (unpaired) electrons. The third-order valence-electron chi connectivity index (χ3n) is 7.13. The van der Waals surface area contributed by atoms with Gasteiger partial charge in [-0.2, -0.15) is 5.10 Å². The van der Waals surface area contributed by atoms with Gasteiger partial charge in [0.15, 0.2) is 0 Å². The molecule has 0 bridgehead atoms. The van der Waals surface area contributed by atoms with E-state index in [0.717, 1.165) is 50.9 Å². The largest absolute Gasteiger partial charge is 0.414 e. The summed E-state index contributed by atoms with van der Waals surface area (Å²) in [7, 11) is 10.0. The molecular formula is C21H34B2N4O6. The lowest BCUT2D eigenvalue weighted by molar-refractivity contribution is -0.347. The summed E-state index contributed by atoms with van der Waals surface area (Å²) in [4.78, 5) is 16.1. The SMILES string of the molecule is CC.[B]C([B])(O)C(O)(O)OC(=O)N1CCC2(CC(N3CCC(c4ccnn4CO)CC3)C2)C1. The minimum atomic E-state index is -3.38. The van der Waals surface area contributed by atoms with Gasteiger partial charge in [0, 0.05) is 36.9 Å². The van der Waals surface area contributed by atoms with E-state index in [1.54, 1.807) is 10.9 Å². The number of aliphatic hydroxyl groups is 4. The van der Waals surface area contributed by atoms with Gasteiger partial charge in [0.25, 0.3) is 0 Å². The highest BCUT2D eigenvalue weighted by atomic mass is 16.8. The standard InChI is InChI=1S/C19H28B2N4O6.C2H6/c20-18(21,28)19(29,30)31-16(27)24-8-4-17(11-24)9-14(10-17)23-6-2-13(3-7-23)15-1-5-22-25(15)12-26;1-2/h1,5,13-14,26,28-30H,2-4,6-12H2;1-2H3. The number of carbonyl (C=O) groups is 1. The maximum Gasteiger partial charge on any atom is 0.414 e. The van der Waals surface area contributed by atoms with Crippen LogP contribution in [0.15, 0.2) is 12.3 Å². The van der Waals surface area contributed by atoms with E-state index in [2.05, 4.69) is 14.7 Å². The Bertz CT molecular complexity index is 801. The van der Waals surface area contributed by atoms with Crippen molar-refractivity contribution in [2.24, 2.45) is 5.41 Å². The van der Waals surface area contributed by atoms with E-state index < -0.39 is 17.5 Å². The highest BCUT2D eigenvalue weighted by Crippen LogP contribution is 2.51. The molecule has 1 amide bonds. The molecule has 1 saturated carbocycles. The third kappa shape index (κ3) is 5.40. The summed E-state index contributed by atoms with van der Waals surface area (Å²) in [6.45, 7) is 6.75. The van der Waals surface area contributed by atoms with Crippen molar-refractivity contribution in [3.8, 4) is 0 Å². The number of ether oxygens (including phenoxy) is 1. The van der Waals surface area contributed by atoms with Crippen LogP contribution in [0.1, 0.15) is 57.6 Å². The molecule has 2 saturated heterocycles. The first-order chi connectivity index (χ1) is 15.5. The molecule has 1 spiro atoms. The van der Waals surface area contributed by atoms with Crippen molar-refractivity contribution in [1.82, 2.24) is 19.6 Å². The average Bonchev–Trinajstić information content (AvgIpc) is 3.41. The number of piperidine rings is 1. The van der Waals surface area contributed by atoms with Crippen LogP contribution in [-0.4, -0.2) is 105 Å². The molecule has 0 unspecified atom stereocenters. The van der Waals surface area contributed by atoms with E-state index in [1.165, 1.54) is 4.90 Å². The van der Waals surface area contributed by atoms with Crippen LogP contribution in [0.3, 0.4) is 0 Å². The van der Waals surface area contributed by atoms with E-state index >= 15 is 0 Å². The maximum atomic E-state index is 12.2. The Balaban J connectivity index is 0.00000149. The number of nitrogens with zero attached hydrogens (tertiary/aromatic N) is 4. The molecule has 3 heterocycles. The van der Waals surface area contributed by atoms with Gasteiger partial charge < -0.3 is 35.0 Å². The van der Waals surface area contributed by atoms with Crippen LogP contribution in [-0.2, 0) is 11.5 Å². The Labute approximate surface area is 197 Å². The molecule has 10 nitrogen and oxygen atoms in total. The normalized spacial score (nSPS) is 26.6. The smallest absolute Gasteiger partial charge is 0.400 e. The van der Waals surface area contributed by atoms with Gasteiger partial charge in [-0.15, -0.1) is 0 Å². The number of rotatable bonds is 5. The summed E-state index contributed by atoms with van der Waals surface area (Å²) < 4.78 is 6.17. The van der Waals surface area contributed by atoms with Crippen molar-refractivity contribution < 1.29 is 30.0 Å². The number of carbonyl (C=O) groups excluding carboxylic acids is 1. The molecular weight excluding hydrogens is 426 g/mol. The lowest BCUT2D eigenvalue weighted by atomic mass is 9.63. The minimum absolute atomic E-state index is 0.00530. The number of likely N-dealkylation sites (tertiary alicyclic amines) is 2. The van der Waals surface area contributed by atoms with Crippen LogP contribution in [0.25, 0.3) is 0 Å². The third-order valence-corrected chi connectivity index (χ3v) is 7.13. The maximum absolute atomic E-state index is 12.2. The lowest BCUT2D eigenvalue weighted by Gasteiger charge is -2.51. The van der Waals surface area contributed by atoms with Gasteiger partial charge in [0.05, 0.1) is 5.40 Å². The summed E-state index contributed by atoms with van der Waals surface area (Å²) in [6, 6.07) is 2.44. The molecule has 3 aliphatic rings. The topological polar surface area (TPSA) is 132 Å². The molecule has 0 aromatic carbocycles. The van der Waals surface area contributed by atoms with Crippen LogP contribution in [0.5, 0.6) is 0 Å². The molecule has 4 rings (SSSR count). The monoisotopic (exact) mass is 460 g/mol. The van der Waals surface area contributed by atoms with Gasteiger partial charge >= 0.3 is 12.1 Å². The van der Waals surface area contributed by atoms with Crippen molar-refractivity contribution in [3.05, 3.63) is 18.0 Å². The van der Waals surface area contributed by atoms with Crippen molar-refractivity contribution in [2.75, 3.05) is 26.2 Å². The first-order valence-electron chi connectivity index (χ1n) is 11.6. The molecule has 1 aliphatic carbocycles. The Morgan fingerprint density at radius 1 is 1.21 bits per heavy atom. The first-order valence-corrected chi connectivity index (χ1v) is 11.6. The van der Waals surface area contributed by atoms with E-state index in [4.69, 9.17) is 15.7 Å². The number of aromatic nitrogens is 2. The van der Waals surface area contributed by atoms with E-state index in [1.807, 2.05) is 19.9 Å². The van der Waals surface area contributed by atoms with Gasteiger partial charge in [-0.3, -0.25) is 0 Å². The first kappa shape index (κ1) is 26.0. The summed E-state index contributed by atoms with van der Waals surface area (Å²) in [5, 5.41) is 39.0. The predicted molar refractivity (Wildman–Crippen MR) is 121 cm³/mol. The van der Waals surface area contributed by atoms with Crippen LogP contribution in [0.4, 0.5) is 4.79 Å². The van der Waals surface area contributed by atoms with Crippen molar-refractivity contribution in [3.63, 3.8) is 0 Å². The molecule has 180 valence electrons. The molecule has 1 aromatic rings. The zero-order chi connectivity index (χ0) is 24.4. The van der Waals surface area contributed by atoms with Gasteiger partial charge in [0.2, 0.25) is 0 Å². The Morgan fingerprint density at radius 3 is 2.42 bits per heavy atom. The zero-order valence-corrected chi connectivity index (χ0v) is 19.4. The number of amides is 1. The second kappa shape index (κ2) is 9.95. The Hall–Kier alpha value is -1.59. The number of hydrogen-bond acceptors (Lipinski definition) is 8. The summed E-state index contributed by atoms with van der Waals surface area (Å²) in [5.41, 5.74) is 1.09. The number of hydrogen-bond donors (Lipinski definition) is 4. The van der Waals surface area contributed by atoms with Crippen molar-refractivity contribution in [1.29, 1.82) is 0 Å². The van der Waals surface area contributed by atoms with Gasteiger partial charge in [0.1, 0.15) is 22.4 Å². The van der Waals surface area contributed by atoms with Crippen LogP contribution < -0.4 is 0 Å². The average molecular weight is 460 g/mol. The quantitative estimate of drug-likeness (QED) is 0.347. The second-order valence-electron chi connectivity index (χ2n) is 9.24. The van der Waals surface area contributed by atoms with E-state index in [-0.39, 0.29) is 12.1 Å². The highest BCUT2D eigenvalue weighted by Gasteiger charge is 2.53. The lowest BCUT2D eigenvalue weighted by Crippen LogP contribution is -2.59. The zero-order valence-electron chi connectivity index (χ0n) is 19.4. The van der Waals surface area contributed by atoms with Crippen LogP contribution >= 0.6 is 0 Å². The second-order valence-corrected chi connectivity index (χ2v) is 9.24. The van der Waals surface area contributed by atoms with Gasteiger partial charge in [-0.1, -0.05) is 13.8 Å². The van der Waals surface area contributed by atoms with Crippen LogP contribution in [0, 0.1) is 5.41 Å². The van der Waals surface area contributed by atoms with Gasteiger partial charge in [-0.25, -0.2) is 9.48 Å². The van der Waals surface area contributed by atoms with Gasteiger partial charge in [-0.05, 0) is 56.7 Å². The summed E-state index contributed by atoms with van der Waals surface area (Å²) in [5.74, 6) is -2.98. The Morgan fingerprint density at radius 2 is 1.85 bits per heavy atom. The minimum Gasteiger partial charge on any atom is -0.400 e. The number of aliphatic hydroxyl groups excluding tert-OH is 1. The summed E-state index contributed by atoms with van der Waals surface area (Å²) in [6.07, 6.45) is 5.54. The molecule has 2 aliphatic heterocycles. The van der Waals surface area contributed by atoms with E-state index in [9.17, 15) is 25.2 Å². The van der Waals surface area contributed by atoms with E-state index in [0.29, 0.717) is 25.0 Å². The predicted octanol–water partition coefficient (Wildman–Crippen LogP) is -0.349. The summed E-state index contributed by atoms with van der Waals surface area (Å²) >= 11 is 0. The molecule has 12 heteroatoms. The molecule has 3 fully saturated rings. The fourth-order valence-corrected chi connectivity index (χ4v) is 5.26. The highest BCUT2D eigenvalue weighted by molar-refractivity contribution is 6.39. The van der Waals surface area contributed by atoms with Crippen molar-refractivity contribution in [2.45, 2.75) is 76.0 Å². The molecule has 0 atom stereocenters. The molecule has 1 aromatic heterocycles. The molecule has 33 heavy (non-hydrogen) atoms. The van der Waals surface area contributed by atoms with Crippen LogP contribution in [0.2, 0.25) is 0 Å². The fourth-order valence-electron chi connectivity index (χ4n) is 5.26. The van der Waals surface area contributed by atoms with Crippen molar-refractivity contribution >= 4 is 21.8 Å². The fraction of sp³-hybridized carbons (Fsp3) is 0.810. The Kier molecular flexibility index (Phi) is 7.85. The molecule has 4 N–H and O–H groups in total.